The number of azide groups is 1. The Morgan fingerprint density at radius 2 is 1.10 bits per heavy atom. The maximum Gasteiger partial charge on any atom is 0.257 e. The SMILES string of the molecule is BOCC1OC(OC2C(OCC=C)C(OCCCC)C(OCCCC)C(OCCCC)C2OCCCC)C(N=[N+]=[N-])C(OCCCC)C1O. The van der Waals surface area contributed by atoms with Crippen molar-refractivity contribution < 1.29 is 47.7 Å². The van der Waals surface area contributed by atoms with Gasteiger partial charge in [-0.15, -0.1) is 6.58 Å². The van der Waals surface area contributed by atoms with Crippen molar-refractivity contribution in [3.63, 3.8) is 0 Å². The second kappa shape index (κ2) is 26.5. The van der Waals surface area contributed by atoms with Crippen LogP contribution in [0.1, 0.15) is 98.8 Å². The van der Waals surface area contributed by atoms with Crippen LogP contribution < -0.4 is 0 Å². The molecule has 0 aromatic carbocycles. The van der Waals surface area contributed by atoms with Crippen LogP contribution in [0, 0.1) is 0 Å². The summed E-state index contributed by atoms with van der Waals surface area (Å²) in [6.45, 7) is 17.1. The van der Waals surface area contributed by atoms with Crippen LogP contribution in [-0.4, -0.2) is 127 Å². The minimum atomic E-state index is -1.13. The van der Waals surface area contributed by atoms with Crippen molar-refractivity contribution in [2.24, 2.45) is 5.11 Å². The molecular weight excluding hydrogens is 633 g/mol. The standard InChI is InChI=1S/C35H66BN3O10/c1-7-13-19-42-28-26(38-39-37)35(48-25(24-47-36)27(28)40)49-34-32(41-18-12-6)30(44-21-15-9-3)29(43-20-14-8-2)31(45-22-16-10-4)33(34)46-23-17-11-5/h12,25-35,40H,6-11,13-24,36H2,1-5H3. The molecule has 1 saturated heterocycles. The summed E-state index contributed by atoms with van der Waals surface area (Å²) in [6, 6.07) is -1.02. The third-order valence-electron chi connectivity index (χ3n) is 8.84. The van der Waals surface area contributed by atoms with Crippen molar-refractivity contribution in [1.29, 1.82) is 0 Å². The van der Waals surface area contributed by atoms with E-state index in [2.05, 4.69) is 51.2 Å². The van der Waals surface area contributed by atoms with Gasteiger partial charge in [0.1, 0.15) is 54.9 Å². The van der Waals surface area contributed by atoms with E-state index in [1.165, 1.54) is 8.05 Å². The maximum absolute atomic E-state index is 11.3. The first-order valence-electron chi connectivity index (χ1n) is 18.8. The third kappa shape index (κ3) is 14.0. The molecule has 14 heteroatoms. The molecule has 2 aliphatic rings. The highest BCUT2D eigenvalue weighted by Crippen LogP contribution is 2.37. The molecule has 284 valence electrons. The van der Waals surface area contributed by atoms with Gasteiger partial charge in [-0.2, -0.15) is 0 Å². The number of hydrogen-bond acceptors (Lipinski definition) is 11. The Balaban J connectivity index is 2.69. The summed E-state index contributed by atoms with van der Waals surface area (Å²) in [5.41, 5.74) is 9.68. The number of aliphatic hydroxyl groups excluding tert-OH is 1. The lowest BCUT2D eigenvalue weighted by Crippen LogP contribution is -2.69. The van der Waals surface area contributed by atoms with Crippen LogP contribution in [0.5, 0.6) is 0 Å². The van der Waals surface area contributed by atoms with E-state index in [-0.39, 0.29) is 13.2 Å². The highest BCUT2D eigenvalue weighted by atomic mass is 16.7. The van der Waals surface area contributed by atoms with Crippen LogP contribution in [0.25, 0.3) is 10.4 Å². The topological polar surface area (TPSA) is 152 Å². The van der Waals surface area contributed by atoms with E-state index in [4.69, 9.17) is 42.5 Å². The van der Waals surface area contributed by atoms with Gasteiger partial charge in [0.15, 0.2) is 6.29 Å². The molecule has 0 aromatic rings. The fourth-order valence-electron chi connectivity index (χ4n) is 6.07. The van der Waals surface area contributed by atoms with E-state index < -0.39 is 67.3 Å². The largest absolute Gasteiger partial charge is 0.441 e. The molecule has 0 aromatic heterocycles. The molecule has 13 nitrogen and oxygen atoms in total. The highest BCUT2D eigenvalue weighted by Gasteiger charge is 2.57. The first-order chi connectivity index (χ1) is 24.0. The first-order valence-corrected chi connectivity index (χ1v) is 18.8. The van der Waals surface area contributed by atoms with Gasteiger partial charge in [0.25, 0.3) is 8.05 Å². The van der Waals surface area contributed by atoms with E-state index >= 15 is 0 Å². The van der Waals surface area contributed by atoms with Gasteiger partial charge in [-0.25, -0.2) is 0 Å². The molecule has 0 bridgehead atoms. The molecule has 1 aliphatic heterocycles. The summed E-state index contributed by atoms with van der Waals surface area (Å²) in [5.74, 6) is 0. The van der Waals surface area contributed by atoms with Crippen molar-refractivity contribution in [3.8, 4) is 0 Å². The Morgan fingerprint density at radius 1 is 0.694 bits per heavy atom. The second-order valence-electron chi connectivity index (χ2n) is 12.8. The van der Waals surface area contributed by atoms with E-state index in [0.29, 0.717) is 33.0 Å². The molecule has 49 heavy (non-hydrogen) atoms. The monoisotopic (exact) mass is 699 g/mol. The van der Waals surface area contributed by atoms with E-state index in [1.54, 1.807) is 6.08 Å². The Kier molecular flexibility index (Phi) is 23.7. The van der Waals surface area contributed by atoms with Crippen LogP contribution in [-0.2, 0) is 42.5 Å². The smallest absolute Gasteiger partial charge is 0.257 e. The fourth-order valence-corrected chi connectivity index (χ4v) is 6.07. The minimum absolute atomic E-state index is 0.0774. The average molecular weight is 700 g/mol. The minimum Gasteiger partial charge on any atom is -0.441 e. The molecule has 0 amide bonds. The predicted molar refractivity (Wildman–Crippen MR) is 190 cm³/mol. The summed E-state index contributed by atoms with van der Waals surface area (Å²) in [7, 11) is 1.53. The Labute approximate surface area is 296 Å². The lowest BCUT2D eigenvalue weighted by molar-refractivity contribution is -0.334. The zero-order valence-electron chi connectivity index (χ0n) is 31.1. The van der Waals surface area contributed by atoms with Crippen LogP contribution in [0.2, 0.25) is 0 Å². The molecule has 1 N–H and O–H groups in total. The van der Waals surface area contributed by atoms with Gasteiger partial charge in [0.2, 0.25) is 0 Å². The predicted octanol–water partition coefficient (Wildman–Crippen LogP) is 5.21. The van der Waals surface area contributed by atoms with E-state index in [1.807, 2.05) is 0 Å². The van der Waals surface area contributed by atoms with Gasteiger partial charge in [-0.05, 0) is 37.6 Å². The summed E-state index contributed by atoms with van der Waals surface area (Å²) >= 11 is 0. The van der Waals surface area contributed by atoms with Crippen molar-refractivity contribution >= 4 is 8.05 Å². The van der Waals surface area contributed by atoms with Crippen molar-refractivity contribution in [2.75, 3.05) is 46.2 Å². The number of unbranched alkanes of at least 4 members (excludes halogenated alkanes) is 5. The normalized spacial score (nSPS) is 31.8. The zero-order valence-corrected chi connectivity index (χ0v) is 31.1. The lowest BCUT2D eigenvalue weighted by Gasteiger charge is -2.51. The molecule has 2 fully saturated rings. The fraction of sp³-hybridized carbons (Fsp3) is 0.943. The van der Waals surface area contributed by atoms with Crippen LogP contribution in [0.4, 0.5) is 0 Å². The number of hydrogen-bond donors (Lipinski definition) is 1. The van der Waals surface area contributed by atoms with Crippen molar-refractivity contribution in [3.05, 3.63) is 23.1 Å². The Hall–Kier alpha value is -1.29. The van der Waals surface area contributed by atoms with Gasteiger partial charge >= 0.3 is 0 Å². The quantitative estimate of drug-likeness (QED) is 0.0288. The number of ether oxygens (including phenoxy) is 8. The van der Waals surface area contributed by atoms with Gasteiger partial charge in [0, 0.05) is 37.9 Å². The summed E-state index contributed by atoms with van der Waals surface area (Å²) in [4.78, 5) is 3.12. The molecule has 1 heterocycles. The molecule has 11 atom stereocenters. The van der Waals surface area contributed by atoms with Gasteiger partial charge in [-0.1, -0.05) is 77.9 Å². The van der Waals surface area contributed by atoms with Crippen molar-refractivity contribution in [2.45, 2.75) is 166 Å². The number of rotatable bonds is 28. The Bertz CT molecular complexity index is 904. The molecule has 1 aliphatic carbocycles. The van der Waals surface area contributed by atoms with Crippen LogP contribution >= 0.6 is 0 Å². The summed E-state index contributed by atoms with van der Waals surface area (Å²) in [5, 5.41) is 15.4. The van der Waals surface area contributed by atoms with Gasteiger partial charge in [-0.3, -0.25) is 0 Å². The number of aliphatic hydroxyl groups is 1. The molecule has 2 rings (SSSR count). The highest BCUT2D eigenvalue weighted by molar-refractivity contribution is 5.97. The molecule has 1 saturated carbocycles. The van der Waals surface area contributed by atoms with Crippen LogP contribution in [0.3, 0.4) is 0 Å². The first kappa shape index (κ1) is 43.9. The molecule has 11 unspecified atom stereocenters. The van der Waals surface area contributed by atoms with Crippen LogP contribution in [0.15, 0.2) is 17.8 Å². The second-order valence-corrected chi connectivity index (χ2v) is 12.8. The zero-order chi connectivity index (χ0) is 35.9. The summed E-state index contributed by atoms with van der Waals surface area (Å²) in [6.07, 6.45) is 2.87. The average Bonchev–Trinajstić information content (AvgIpc) is 3.09. The molecular formula is C35H66BN3O10. The van der Waals surface area contributed by atoms with Crippen molar-refractivity contribution in [1.82, 2.24) is 0 Å². The third-order valence-corrected chi connectivity index (χ3v) is 8.84. The van der Waals surface area contributed by atoms with E-state index in [0.717, 1.165) is 64.2 Å². The molecule has 0 radical (unpaired) electrons. The van der Waals surface area contributed by atoms with Gasteiger partial charge in [0.05, 0.1) is 19.3 Å². The summed E-state index contributed by atoms with van der Waals surface area (Å²) < 4.78 is 58.0. The maximum atomic E-state index is 11.3. The molecule has 0 spiro atoms. The number of nitrogens with zero attached hydrogens (tertiary/aromatic N) is 3. The van der Waals surface area contributed by atoms with E-state index in [9.17, 15) is 10.6 Å². The lowest BCUT2D eigenvalue weighted by atomic mass is 9.83. The van der Waals surface area contributed by atoms with Gasteiger partial charge < -0.3 is 47.7 Å². The Morgan fingerprint density at radius 3 is 1.49 bits per heavy atom.